The summed E-state index contributed by atoms with van der Waals surface area (Å²) < 4.78 is 0. The second-order valence-corrected chi connectivity index (χ2v) is 3.79. The minimum Gasteiger partial charge on any atom is -0.305 e. The molecule has 0 aliphatic heterocycles. The van der Waals surface area contributed by atoms with E-state index in [2.05, 4.69) is 5.32 Å². The van der Waals surface area contributed by atoms with E-state index in [9.17, 15) is 4.79 Å². The minimum atomic E-state index is -0.506. The average molecular weight is 252 g/mol. The molecular formula is C14H12N4O. The number of nitriles is 1. The average Bonchev–Trinajstić information content (AvgIpc) is 2.48. The zero-order valence-electron chi connectivity index (χ0n) is 10.1. The number of nitrogens with one attached hydrogen (secondary N) is 1. The van der Waals surface area contributed by atoms with Crippen LogP contribution in [0.1, 0.15) is 5.56 Å². The smallest absolute Gasteiger partial charge is 0.305 e. The molecule has 0 aliphatic rings. The van der Waals surface area contributed by atoms with Gasteiger partial charge in [0.05, 0.1) is 16.9 Å². The fraction of sp³-hybridized carbons (Fsp3) is 0. The van der Waals surface area contributed by atoms with Crippen LogP contribution in [0.4, 0.5) is 16.2 Å². The second-order valence-electron chi connectivity index (χ2n) is 3.79. The van der Waals surface area contributed by atoms with Gasteiger partial charge in [0, 0.05) is 0 Å². The van der Waals surface area contributed by atoms with Crippen molar-refractivity contribution in [3.63, 3.8) is 0 Å². The Labute approximate surface area is 110 Å². The van der Waals surface area contributed by atoms with Gasteiger partial charge in [0.1, 0.15) is 6.07 Å². The lowest BCUT2D eigenvalue weighted by atomic mass is 10.2. The highest BCUT2D eigenvalue weighted by Gasteiger charge is 2.12. The molecule has 2 aromatic carbocycles. The summed E-state index contributed by atoms with van der Waals surface area (Å²) >= 11 is 0. The summed E-state index contributed by atoms with van der Waals surface area (Å²) in [6.07, 6.45) is 0. The monoisotopic (exact) mass is 252 g/mol. The minimum absolute atomic E-state index is 0.386. The van der Waals surface area contributed by atoms with Gasteiger partial charge in [0.2, 0.25) is 0 Å². The van der Waals surface area contributed by atoms with Crippen molar-refractivity contribution < 1.29 is 4.79 Å². The van der Waals surface area contributed by atoms with E-state index in [4.69, 9.17) is 11.1 Å². The molecule has 0 fully saturated rings. The van der Waals surface area contributed by atoms with Crippen LogP contribution in [0, 0.1) is 11.3 Å². The zero-order valence-corrected chi connectivity index (χ0v) is 10.1. The van der Waals surface area contributed by atoms with Gasteiger partial charge in [-0.05, 0) is 24.3 Å². The summed E-state index contributed by atoms with van der Waals surface area (Å²) in [5.74, 6) is 5.72. The van der Waals surface area contributed by atoms with Crippen molar-refractivity contribution in [1.29, 1.82) is 5.26 Å². The predicted molar refractivity (Wildman–Crippen MR) is 73.3 cm³/mol. The van der Waals surface area contributed by atoms with E-state index in [0.717, 1.165) is 5.01 Å². The fourth-order valence-electron chi connectivity index (χ4n) is 1.57. The van der Waals surface area contributed by atoms with Crippen LogP contribution in [0.5, 0.6) is 0 Å². The third-order valence-corrected chi connectivity index (χ3v) is 2.54. The van der Waals surface area contributed by atoms with Gasteiger partial charge in [-0.2, -0.15) is 5.26 Å². The number of carbonyl (C=O) groups is 1. The molecule has 0 heterocycles. The molecule has 5 nitrogen and oxygen atoms in total. The maximum Gasteiger partial charge on any atom is 0.340 e. The lowest BCUT2D eigenvalue weighted by molar-refractivity contribution is 0.257. The Kier molecular flexibility index (Phi) is 3.76. The molecule has 0 radical (unpaired) electrons. The van der Waals surface area contributed by atoms with Gasteiger partial charge in [-0.25, -0.2) is 15.6 Å². The Balaban J connectivity index is 2.16. The Hall–Kier alpha value is -2.84. The first kappa shape index (κ1) is 12.6. The molecule has 0 atom stereocenters. The molecule has 0 saturated heterocycles. The van der Waals surface area contributed by atoms with E-state index in [1.807, 2.05) is 12.1 Å². The van der Waals surface area contributed by atoms with Crippen molar-refractivity contribution in [2.24, 2.45) is 5.84 Å². The van der Waals surface area contributed by atoms with E-state index in [1.54, 1.807) is 48.5 Å². The van der Waals surface area contributed by atoms with Crippen LogP contribution in [0.2, 0.25) is 0 Å². The summed E-state index contributed by atoms with van der Waals surface area (Å²) in [6, 6.07) is 17.1. The number of anilines is 2. The molecule has 0 spiro atoms. The molecular weight excluding hydrogens is 240 g/mol. The Bertz CT molecular complexity index is 619. The maximum absolute atomic E-state index is 12.0. The number of carbonyl (C=O) groups excluding carboxylic acids is 1. The first-order chi connectivity index (χ1) is 9.22. The van der Waals surface area contributed by atoms with E-state index in [-0.39, 0.29) is 0 Å². The lowest BCUT2D eigenvalue weighted by Gasteiger charge is -2.17. The maximum atomic E-state index is 12.0. The summed E-state index contributed by atoms with van der Waals surface area (Å²) in [4.78, 5) is 12.0. The molecule has 2 amide bonds. The molecule has 0 unspecified atom stereocenters. The van der Waals surface area contributed by atoms with Crippen LogP contribution in [-0.2, 0) is 0 Å². The van der Waals surface area contributed by atoms with Crippen LogP contribution in [0.3, 0.4) is 0 Å². The number of amides is 2. The second kappa shape index (κ2) is 5.67. The summed E-state index contributed by atoms with van der Waals surface area (Å²) in [5, 5.41) is 12.5. The van der Waals surface area contributed by atoms with Crippen molar-refractivity contribution in [1.82, 2.24) is 0 Å². The number of hydrogen-bond donors (Lipinski definition) is 2. The van der Waals surface area contributed by atoms with Crippen LogP contribution in [-0.4, -0.2) is 6.03 Å². The van der Waals surface area contributed by atoms with Crippen LogP contribution in [0.25, 0.3) is 0 Å². The largest absolute Gasteiger partial charge is 0.340 e. The number of hydrazine groups is 1. The van der Waals surface area contributed by atoms with Crippen LogP contribution in [0.15, 0.2) is 54.6 Å². The standard InChI is InChI=1S/C14H12N4O/c15-10-11-6-4-5-9-13(11)17-14(19)18(16)12-7-2-1-3-8-12/h1-9H,16H2,(H,17,19). The number of nitrogens with zero attached hydrogens (tertiary/aromatic N) is 2. The SMILES string of the molecule is N#Cc1ccccc1NC(=O)N(N)c1ccccc1. The van der Waals surface area contributed by atoms with Gasteiger partial charge in [-0.3, -0.25) is 0 Å². The summed E-state index contributed by atoms with van der Waals surface area (Å²) in [6.45, 7) is 0. The van der Waals surface area contributed by atoms with Crippen molar-refractivity contribution in [3.8, 4) is 6.07 Å². The highest BCUT2D eigenvalue weighted by molar-refractivity contribution is 6.01. The fourth-order valence-corrected chi connectivity index (χ4v) is 1.57. The van der Waals surface area contributed by atoms with Gasteiger partial charge >= 0.3 is 6.03 Å². The van der Waals surface area contributed by atoms with E-state index in [1.165, 1.54) is 0 Å². The summed E-state index contributed by atoms with van der Waals surface area (Å²) in [5.41, 5.74) is 1.38. The van der Waals surface area contributed by atoms with E-state index in [0.29, 0.717) is 16.9 Å². The first-order valence-electron chi connectivity index (χ1n) is 5.62. The van der Waals surface area contributed by atoms with Crippen molar-refractivity contribution >= 4 is 17.4 Å². The molecule has 0 aliphatic carbocycles. The third kappa shape index (κ3) is 2.89. The Morgan fingerprint density at radius 1 is 1.11 bits per heavy atom. The molecule has 0 bridgehead atoms. The van der Waals surface area contributed by atoms with Gasteiger partial charge < -0.3 is 5.32 Å². The number of nitrogens with two attached hydrogens (primary N) is 1. The van der Waals surface area contributed by atoms with Crippen molar-refractivity contribution in [3.05, 3.63) is 60.2 Å². The molecule has 5 heteroatoms. The predicted octanol–water partition coefficient (Wildman–Crippen LogP) is 2.47. The molecule has 0 saturated carbocycles. The van der Waals surface area contributed by atoms with Crippen LogP contribution < -0.4 is 16.2 Å². The molecule has 3 N–H and O–H groups in total. The first-order valence-corrected chi connectivity index (χ1v) is 5.62. The van der Waals surface area contributed by atoms with E-state index < -0.39 is 6.03 Å². The number of rotatable bonds is 2. The topological polar surface area (TPSA) is 82.2 Å². The van der Waals surface area contributed by atoms with Gasteiger partial charge in [0.25, 0.3) is 0 Å². The Morgan fingerprint density at radius 3 is 2.42 bits per heavy atom. The van der Waals surface area contributed by atoms with Crippen molar-refractivity contribution in [2.45, 2.75) is 0 Å². The van der Waals surface area contributed by atoms with E-state index >= 15 is 0 Å². The molecule has 2 aromatic rings. The quantitative estimate of drug-likeness (QED) is 0.489. The van der Waals surface area contributed by atoms with Gasteiger partial charge in [-0.15, -0.1) is 0 Å². The highest BCUT2D eigenvalue weighted by Crippen LogP contribution is 2.16. The summed E-state index contributed by atoms with van der Waals surface area (Å²) in [7, 11) is 0. The van der Waals surface area contributed by atoms with Gasteiger partial charge in [-0.1, -0.05) is 30.3 Å². The lowest BCUT2D eigenvalue weighted by Crippen LogP contribution is -2.40. The Morgan fingerprint density at radius 2 is 1.74 bits per heavy atom. The molecule has 2 rings (SSSR count). The zero-order chi connectivity index (χ0) is 13.7. The molecule has 94 valence electrons. The third-order valence-electron chi connectivity index (χ3n) is 2.54. The normalized spacial score (nSPS) is 9.47. The number of benzene rings is 2. The number of hydrogen-bond acceptors (Lipinski definition) is 3. The van der Waals surface area contributed by atoms with Gasteiger partial charge in [0.15, 0.2) is 0 Å². The molecule has 0 aromatic heterocycles. The van der Waals surface area contributed by atoms with Crippen LogP contribution >= 0.6 is 0 Å². The highest BCUT2D eigenvalue weighted by atomic mass is 16.2. The number of urea groups is 1. The number of para-hydroxylation sites is 2. The molecule has 19 heavy (non-hydrogen) atoms. The van der Waals surface area contributed by atoms with Crippen molar-refractivity contribution in [2.75, 3.05) is 10.3 Å².